The minimum Gasteiger partial charge on any atom is -0.294 e. The first-order valence-corrected chi connectivity index (χ1v) is 5.20. The van der Waals surface area contributed by atoms with Gasteiger partial charge >= 0.3 is 0 Å². The van der Waals surface area contributed by atoms with Gasteiger partial charge in [0.15, 0.2) is 5.78 Å². The van der Waals surface area contributed by atoms with Crippen LogP contribution in [0.25, 0.3) is 0 Å². The molecular formula is C9H6ClFOS. The number of carbonyl (C=O) groups is 1. The number of hydrogen-bond acceptors (Lipinski definition) is 2. The lowest BCUT2D eigenvalue weighted by Gasteiger charge is -2.15. The summed E-state index contributed by atoms with van der Waals surface area (Å²) in [6, 6.07) is 2.91. The Kier molecular flexibility index (Phi) is 2.30. The Morgan fingerprint density at radius 3 is 3.00 bits per heavy atom. The fourth-order valence-electron chi connectivity index (χ4n) is 1.29. The number of Topliss-reactive ketones (excluding diaryl/α,β-unsaturated/α-hetero) is 1. The third-order valence-electron chi connectivity index (χ3n) is 1.92. The van der Waals surface area contributed by atoms with E-state index >= 15 is 0 Å². The summed E-state index contributed by atoms with van der Waals surface area (Å²) >= 11 is 7.24. The van der Waals surface area contributed by atoms with Gasteiger partial charge in [-0.05, 0) is 12.1 Å². The number of fused-ring (bicyclic) bond motifs is 1. The van der Waals surface area contributed by atoms with Gasteiger partial charge in [0.25, 0.3) is 0 Å². The molecular weight excluding hydrogens is 211 g/mol. The van der Waals surface area contributed by atoms with E-state index in [-0.39, 0.29) is 10.8 Å². The zero-order chi connectivity index (χ0) is 9.42. The molecule has 1 aromatic rings. The fourth-order valence-corrected chi connectivity index (χ4v) is 2.65. The van der Waals surface area contributed by atoms with Crippen molar-refractivity contribution in [2.24, 2.45) is 0 Å². The normalized spacial score (nSPS) is 15.7. The van der Waals surface area contributed by atoms with Gasteiger partial charge in [0.1, 0.15) is 5.82 Å². The maximum Gasteiger partial charge on any atom is 0.166 e. The van der Waals surface area contributed by atoms with Crippen molar-refractivity contribution in [3.8, 4) is 0 Å². The fraction of sp³-hybridized carbons (Fsp3) is 0.222. The van der Waals surface area contributed by atoms with Crippen LogP contribution in [-0.2, 0) is 0 Å². The summed E-state index contributed by atoms with van der Waals surface area (Å²) in [7, 11) is 0. The first kappa shape index (κ1) is 9.03. The second-order valence-corrected chi connectivity index (χ2v) is 4.27. The van der Waals surface area contributed by atoms with Crippen molar-refractivity contribution in [3.63, 3.8) is 0 Å². The maximum absolute atomic E-state index is 13.0. The largest absolute Gasteiger partial charge is 0.294 e. The molecule has 0 aromatic heterocycles. The molecule has 1 heterocycles. The number of carbonyl (C=O) groups excluding carboxylic acids is 1. The number of thioether (sulfide) groups is 1. The van der Waals surface area contributed by atoms with Crippen molar-refractivity contribution in [1.82, 2.24) is 0 Å². The molecule has 0 saturated carbocycles. The van der Waals surface area contributed by atoms with Gasteiger partial charge in [0.2, 0.25) is 0 Å². The van der Waals surface area contributed by atoms with Gasteiger partial charge in [0, 0.05) is 17.1 Å². The van der Waals surface area contributed by atoms with Crippen LogP contribution in [0.2, 0.25) is 5.02 Å². The van der Waals surface area contributed by atoms with Crippen LogP contribution in [-0.4, -0.2) is 11.5 Å². The average Bonchev–Trinajstić information content (AvgIpc) is 2.12. The molecule has 2 rings (SSSR count). The zero-order valence-corrected chi connectivity index (χ0v) is 8.21. The lowest BCUT2D eigenvalue weighted by molar-refractivity contribution is 0.0984. The molecule has 0 N–H and O–H groups in total. The van der Waals surface area contributed by atoms with Crippen molar-refractivity contribution in [2.45, 2.75) is 11.3 Å². The van der Waals surface area contributed by atoms with Gasteiger partial charge in [-0.25, -0.2) is 4.39 Å². The van der Waals surface area contributed by atoms with E-state index < -0.39 is 5.82 Å². The molecule has 1 aliphatic rings. The highest BCUT2D eigenvalue weighted by atomic mass is 35.5. The summed E-state index contributed by atoms with van der Waals surface area (Å²) in [4.78, 5) is 12.2. The summed E-state index contributed by atoms with van der Waals surface area (Å²) in [5.74, 6) is 0.183. The molecule has 0 atom stereocenters. The van der Waals surface area contributed by atoms with Crippen LogP contribution in [0.3, 0.4) is 0 Å². The van der Waals surface area contributed by atoms with Crippen molar-refractivity contribution in [1.29, 1.82) is 0 Å². The SMILES string of the molecule is O=C1CCSc2ccc(F)c(Cl)c21. The molecule has 0 bridgehead atoms. The van der Waals surface area contributed by atoms with E-state index in [1.54, 1.807) is 17.8 Å². The van der Waals surface area contributed by atoms with E-state index in [4.69, 9.17) is 11.6 Å². The van der Waals surface area contributed by atoms with Gasteiger partial charge in [-0.15, -0.1) is 11.8 Å². The van der Waals surface area contributed by atoms with E-state index in [1.807, 2.05) is 0 Å². The summed E-state index contributed by atoms with van der Waals surface area (Å²) < 4.78 is 13.0. The van der Waals surface area contributed by atoms with Crippen LogP contribution >= 0.6 is 23.4 Å². The van der Waals surface area contributed by atoms with Crippen molar-refractivity contribution < 1.29 is 9.18 Å². The molecule has 68 valence electrons. The number of benzene rings is 1. The van der Waals surface area contributed by atoms with E-state index in [2.05, 4.69) is 0 Å². The van der Waals surface area contributed by atoms with Crippen LogP contribution in [0, 0.1) is 5.82 Å². The predicted molar refractivity (Wildman–Crippen MR) is 51.1 cm³/mol. The van der Waals surface area contributed by atoms with E-state index in [1.165, 1.54) is 6.07 Å². The van der Waals surface area contributed by atoms with E-state index in [9.17, 15) is 9.18 Å². The third kappa shape index (κ3) is 1.46. The Hall–Kier alpha value is -0.540. The monoisotopic (exact) mass is 216 g/mol. The topological polar surface area (TPSA) is 17.1 Å². The molecule has 0 aliphatic carbocycles. The van der Waals surface area contributed by atoms with Crippen LogP contribution in [0.5, 0.6) is 0 Å². The smallest absolute Gasteiger partial charge is 0.166 e. The Labute approximate surface area is 84.3 Å². The minimum atomic E-state index is -0.517. The molecule has 0 fully saturated rings. The van der Waals surface area contributed by atoms with Gasteiger partial charge in [-0.2, -0.15) is 0 Å². The maximum atomic E-state index is 13.0. The van der Waals surface area contributed by atoms with Gasteiger partial charge in [-0.3, -0.25) is 4.79 Å². The molecule has 0 amide bonds. The number of hydrogen-bond donors (Lipinski definition) is 0. The highest BCUT2D eigenvalue weighted by Gasteiger charge is 2.22. The highest BCUT2D eigenvalue weighted by molar-refractivity contribution is 7.99. The molecule has 1 aliphatic heterocycles. The van der Waals surface area contributed by atoms with Crippen molar-refractivity contribution in [2.75, 3.05) is 5.75 Å². The number of halogens is 2. The molecule has 1 nitrogen and oxygen atoms in total. The Bertz CT molecular complexity index is 378. The number of rotatable bonds is 0. The van der Waals surface area contributed by atoms with Gasteiger partial charge < -0.3 is 0 Å². The molecule has 1 aromatic carbocycles. The first-order valence-electron chi connectivity index (χ1n) is 3.84. The Morgan fingerprint density at radius 2 is 2.23 bits per heavy atom. The molecule has 4 heteroatoms. The Balaban J connectivity index is 2.65. The van der Waals surface area contributed by atoms with Crippen LogP contribution in [0.4, 0.5) is 4.39 Å². The second-order valence-electron chi connectivity index (χ2n) is 2.76. The second kappa shape index (κ2) is 3.31. The van der Waals surface area contributed by atoms with Crippen LogP contribution in [0.1, 0.15) is 16.8 Å². The standard InChI is InChI=1S/C9H6ClFOS/c10-9-5(11)1-2-7-8(9)6(12)3-4-13-7/h1-2H,3-4H2. The summed E-state index contributed by atoms with van der Waals surface area (Å²) in [6.45, 7) is 0. The predicted octanol–water partition coefficient (Wildman–Crippen LogP) is 3.16. The average molecular weight is 217 g/mol. The summed E-state index contributed by atoms with van der Waals surface area (Å²) in [5.41, 5.74) is 0.359. The van der Waals surface area contributed by atoms with E-state index in [0.717, 1.165) is 10.6 Å². The van der Waals surface area contributed by atoms with Crippen LogP contribution in [0.15, 0.2) is 17.0 Å². The lowest BCUT2D eigenvalue weighted by atomic mass is 10.1. The summed E-state index contributed by atoms with van der Waals surface area (Å²) in [6.07, 6.45) is 0.445. The van der Waals surface area contributed by atoms with Gasteiger partial charge in [0.05, 0.1) is 10.6 Å². The third-order valence-corrected chi connectivity index (χ3v) is 3.35. The molecule has 0 saturated heterocycles. The number of ketones is 1. The molecule has 0 spiro atoms. The molecule has 13 heavy (non-hydrogen) atoms. The minimum absolute atomic E-state index is 0.0327. The van der Waals surface area contributed by atoms with Crippen molar-refractivity contribution in [3.05, 3.63) is 28.5 Å². The zero-order valence-electron chi connectivity index (χ0n) is 6.64. The summed E-state index contributed by atoms with van der Waals surface area (Å²) in [5, 5.41) is -0.0327. The van der Waals surface area contributed by atoms with Crippen molar-refractivity contribution >= 4 is 29.1 Å². The molecule has 0 unspecified atom stereocenters. The lowest BCUT2D eigenvalue weighted by Crippen LogP contribution is -2.09. The van der Waals surface area contributed by atoms with E-state index in [0.29, 0.717) is 12.0 Å². The van der Waals surface area contributed by atoms with Crippen LogP contribution < -0.4 is 0 Å². The molecule has 0 radical (unpaired) electrons. The first-order chi connectivity index (χ1) is 6.20. The Morgan fingerprint density at radius 1 is 1.46 bits per heavy atom. The van der Waals surface area contributed by atoms with Gasteiger partial charge in [-0.1, -0.05) is 11.6 Å². The quantitative estimate of drug-likeness (QED) is 0.663. The highest BCUT2D eigenvalue weighted by Crippen LogP contribution is 2.35.